The third-order valence-corrected chi connectivity index (χ3v) is 3.35. The molecule has 1 atom stereocenters. The summed E-state index contributed by atoms with van der Waals surface area (Å²) < 4.78 is 8.68. The van der Waals surface area contributed by atoms with Crippen molar-refractivity contribution in [3.8, 4) is 0 Å². The molecule has 0 saturated heterocycles. The summed E-state index contributed by atoms with van der Waals surface area (Å²) in [7, 11) is 0. The van der Waals surface area contributed by atoms with Crippen LogP contribution < -0.4 is 5.32 Å². The van der Waals surface area contributed by atoms with Crippen molar-refractivity contribution in [1.82, 2.24) is 15.1 Å². The van der Waals surface area contributed by atoms with Crippen LogP contribution in [0.4, 0.5) is 0 Å². The predicted octanol–water partition coefficient (Wildman–Crippen LogP) is 3.30. The van der Waals surface area contributed by atoms with E-state index in [1.54, 1.807) is 0 Å². The first-order valence-electron chi connectivity index (χ1n) is 6.65. The Morgan fingerprint density at radius 2 is 2.17 bits per heavy atom. The van der Waals surface area contributed by atoms with E-state index in [1.807, 2.05) is 13.1 Å². The Morgan fingerprint density at radius 3 is 2.72 bits per heavy atom. The summed E-state index contributed by atoms with van der Waals surface area (Å²) in [5, 5.41) is 7.95. The zero-order valence-corrected chi connectivity index (χ0v) is 13.3. The lowest BCUT2D eigenvalue weighted by Gasteiger charge is -2.22. The number of hydrogen-bond donors (Lipinski definition) is 1. The SMILES string of the molecule is CCCNC(COCC)c1c(Br)cnn1C(C)C. The van der Waals surface area contributed by atoms with Crippen molar-refractivity contribution in [2.24, 2.45) is 0 Å². The fourth-order valence-electron chi connectivity index (χ4n) is 1.88. The second kappa shape index (κ2) is 7.92. The quantitative estimate of drug-likeness (QED) is 0.799. The molecule has 104 valence electrons. The Balaban J connectivity index is 2.91. The summed E-state index contributed by atoms with van der Waals surface area (Å²) in [4.78, 5) is 0. The standard InChI is InChI=1S/C13H24BrN3O/c1-5-7-15-12(9-18-6-2)13-11(14)8-16-17(13)10(3)4/h8,10,12,15H,5-7,9H2,1-4H3. The zero-order valence-electron chi connectivity index (χ0n) is 11.7. The minimum atomic E-state index is 0.184. The summed E-state index contributed by atoms with van der Waals surface area (Å²) >= 11 is 3.59. The molecule has 0 aliphatic carbocycles. The Labute approximate surface area is 118 Å². The fourth-order valence-corrected chi connectivity index (χ4v) is 2.43. The molecule has 1 heterocycles. The summed E-state index contributed by atoms with van der Waals surface area (Å²) in [5.41, 5.74) is 1.17. The van der Waals surface area contributed by atoms with Crippen molar-refractivity contribution in [3.05, 3.63) is 16.4 Å². The Kier molecular flexibility index (Phi) is 6.89. The zero-order chi connectivity index (χ0) is 13.5. The highest BCUT2D eigenvalue weighted by atomic mass is 79.9. The monoisotopic (exact) mass is 317 g/mol. The number of halogens is 1. The van der Waals surface area contributed by atoms with Crippen LogP contribution in [0.1, 0.15) is 51.9 Å². The van der Waals surface area contributed by atoms with Crippen LogP contribution in [0.15, 0.2) is 10.7 Å². The van der Waals surface area contributed by atoms with Crippen LogP contribution in [0.2, 0.25) is 0 Å². The van der Waals surface area contributed by atoms with Gasteiger partial charge in [-0.25, -0.2) is 0 Å². The van der Waals surface area contributed by atoms with Crippen LogP contribution in [0.5, 0.6) is 0 Å². The van der Waals surface area contributed by atoms with Gasteiger partial charge in [0.15, 0.2) is 0 Å². The number of aromatic nitrogens is 2. The van der Waals surface area contributed by atoms with Gasteiger partial charge in [0, 0.05) is 12.6 Å². The highest BCUT2D eigenvalue weighted by Crippen LogP contribution is 2.26. The molecule has 0 aliphatic heterocycles. The molecule has 0 fully saturated rings. The molecule has 4 nitrogen and oxygen atoms in total. The number of hydrogen-bond acceptors (Lipinski definition) is 3. The normalized spacial score (nSPS) is 13.2. The maximum absolute atomic E-state index is 5.58. The van der Waals surface area contributed by atoms with Gasteiger partial charge in [-0.05, 0) is 49.7 Å². The smallest absolute Gasteiger partial charge is 0.0741 e. The van der Waals surface area contributed by atoms with Crippen LogP contribution in [0, 0.1) is 0 Å². The molecule has 0 spiro atoms. The van der Waals surface area contributed by atoms with Gasteiger partial charge in [-0.15, -0.1) is 0 Å². The van der Waals surface area contributed by atoms with E-state index in [-0.39, 0.29) is 6.04 Å². The Bertz CT molecular complexity index is 344. The molecular formula is C13H24BrN3O. The van der Waals surface area contributed by atoms with Crippen molar-refractivity contribution in [2.45, 2.75) is 46.2 Å². The van der Waals surface area contributed by atoms with Crippen LogP contribution >= 0.6 is 15.9 Å². The lowest BCUT2D eigenvalue weighted by atomic mass is 10.2. The van der Waals surface area contributed by atoms with E-state index in [0.717, 1.165) is 24.0 Å². The molecule has 18 heavy (non-hydrogen) atoms. The molecule has 0 aromatic carbocycles. The third-order valence-electron chi connectivity index (χ3n) is 2.74. The molecule has 0 saturated carbocycles. The summed E-state index contributed by atoms with van der Waals surface area (Å²) in [6.07, 6.45) is 2.97. The van der Waals surface area contributed by atoms with Crippen molar-refractivity contribution in [3.63, 3.8) is 0 Å². The molecule has 0 bridgehead atoms. The average Bonchev–Trinajstić information content (AvgIpc) is 2.72. The second-order valence-corrected chi connectivity index (χ2v) is 5.44. The van der Waals surface area contributed by atoms with E-state index in [0.29, 0.717) is 12.6 Å². The molecule has 1 aromatic heterocycles. The maximum atomic E-state index is 5.58. The van der Waals surface area contributed by atoms with Gasteiger partial charge in [-0.3, -0.25) is 4.68 Å². The van der Waals surface area contributed by atoms with E-state index in [1.165, 1.54) is 5.69 Å². The molecular weight excluding hydrogens is 294 g/mol. The third kappa shape index (κ3) is 4.07. The lowest BCUT2D eigenvalue weighted by molar-refractivity contribution is 0.119. The highest BCUT2D eigenvalue weighted by Gasteiger charge is 2.21. The average molecular weight is 318 g/mol. The van der Waals surface area contributed by atoms with Crippen molar-refractivity contribution in [2.75, 3.05) is 19.8 Å². The number of nitrogens with zero attached hydrogens (tertiary/aromatic N) is 2. The van der Waals surface area contributed by atoms with E-state index in [2.05, 4.69) is 51.8 Å². The van der Waals surface area contributed by atoms with Crippen molar-refractivity contribution in [1.29, 1.82) is 0 Å². The van der Waals surface area contributed by atoms with E-state index in [9.17, 15) is 0 Å². The van der Waals surface area contributed by atoms with Gasteiger partial charge in [0.05, 0.1) is 29.0 Å². The van der Waals surface area contributed by atoms with Crippen LogP contribution in [0.25, 0.3) is 0 Å². The lowest BCUT2D eigenvalue weighted by Crippen LogP contribution is -2.29. The van der Waals surface area contributed by atoms with Gasteiger partial charge in [0.25, 0.3) is 0 Å². The van der Waals surface area contributed by atoms with E-state index < -0.39 is 0 Å². The molecule has 0 aliphatic rings. The number of rotatable bonds is 8. The number of ether oxygens (including phenoxy) is 1. The summed E-state index contributed by atoms with van der Waals surface area (Å²) in [5.74, 6) is 0. The largest absolute Gasteiger partial charge is 0.380 e. The van der Waals surface area contributed by atoms with E-state index >= 15 is 0 Å². The molecule has 1 rings (SSSR count). The number of nitrogens with one attached hydrogen (secondary N) is 1. The van der Waals surface area contributed by atoms with Gasteiger partial charge in [0.2, 0.25) is 0 Å². The van der Waals surface area contributed by atoms with Crippen LogP contribution in [0.3, 0.4) is 0 Å². The van der Waals surface area contributed by atoms with Gasteiger partial charge in [-0.1, -0.05) is 6.92 Å². The first-order valence-corrected chi connectivity index (χ1v) is 7.45. The van der Waals surface area contributed by atoms with E-state index in [4.69, 9.17) is 4.74 Å². The first-order chi connectivity index (χ1) is 8.61. The molecule has 1 aromatic rings. The minimum Gasteiger partial charge on any atom is -0.380 e. The topological polar surface area (TPSA) is 39.1 Å². The predicted molar refractivity (Wildman–Crippen MR) is 77.8 cm³/mol. The minimum absolute atomic E-state index is 0.184. The van der Waals surface area contributed by atoms with Gasteiger partial charge >= 0.3 is 0 Å². The van der Waals surface area contributed by atoms with Gasteiger partial charge < -0.3 is 10.1 Å². The highest BCUT2D eigenvalue weighted by molar-refractivity contribution is 9.10. The summed E-state index contributed by atoms with van der Waals surface area (Å²) in [6.45, 7) is 10.9. The van der Waals surface area contributed by atoms with Gasteiger partial charge in [-0.2, -0.15) is 5.10 Å². The van der Waals surface area contributed by atoms with Crippen LogP contribution in [-0.4, -0.2) is 29.5 Å². The second-order valence-electron chi connectivity index (χ2n) is 4.58. The molecule has 1 N–H and O–H groups in total. The van der Waals surface area contributed by atoms with Gasteiger partial charge in [0.1, 0.15) is 0 Å². The van der Waals surface area contributed by atoms with Crippen LogP contribution in [-0.2, 0) is 4.74 Å². The Morgan fingerprint density at radius 1 is 1.44 bits per heavy atom. The van der Waals surface area contributed by atoms with Crippen molar-refractivity contribution >= 4 is 15.9 Å². The fraction of sp³-hybridized carbons (Fsp3) is 0.769. The summed E-state index contributed by atoms with van der Waals surface area (Å²) in [6, 6.07) is 0.531. The molecule has 0 radical (unpaired) electrons. The molecule has 0 amide bonds. The molecule has 1 unspecified atom stereocenters. The van der Waals surface area contributed by atoms with Crippen molar-refractivity contribution < 1.29 is 4.74 Å². The molecule has 5 heteroatoms. The Hall–Kier alpha value is -0.390. The maximum Gasteiger partial charge on any atom is 0.0741 e. The first kappa shape index (κ1) is 15.7.